The van der Waals surface area contributed by atoms with E-state index in [1.54, 1.807) is 0 Å². The quantitative estimate of drug-likeness (QED) is 0.206. The number of hydrogen-bond donors (Lipinski definition) is 3. The lowest BCUT2D eigenvalue weighted by Gasteiger charge is -2.31. The molecule has 0 amide bonds. The van der Waals surface area contributed by atoms with Crippen LogP contribution < -0.4 is 5.32 Å². The fraction of sp³-hybridized carbons (Fsp3) is 0.424. The lowest BCUT2D eigenvalue weighted by atomic mass is 9.88. The van der Waals surface area contributed by atoms with Crippen molar-refractivity contribution in [2.75, 3.05) is 20.1 Å². The van der Waals surface area contributed by atoms with Crippen molar-refractivity contribution in [2.45, 2.75) is 68.7 Å². The van der Waals surface area contributed by atoms with Crippen LogP contribution in [0.15, 0.2) is 65.6 Å². The van der Waals surface area contributed by atoms with Crippen LogP contribution in [0, 0.1) is 11.7 Å². The Hall–Kier alpha value is -3.32. The van der Waals surface area contributed by atoms with Gasteiger partial charge >= 0.3 is 12.1 Å². The van der Waals surface area contributed by atoms with Gasteiger partial charge in [-0.3, -0.25) is 4.79 Å². The number of aliphatic hydroxyl groups is 1. The molecule has 7 nitrogen and oxygen atoms in total. The van der Waals surface area contributed by atoms with Crippen molar-refractivity contribution in [2.24, 2.45) is 5.92 Å². The first-order valence-corrected chi connectivity index (χ1v) is 16.1. The molecule has 3 N–H and O–H groups in total. The zero-order valence-electron chi connectivity index (χ0n) is 25.4. The summed E-state index contributed by atoms with van der Waals surface area (Å²) in [6.45, 7) is 3.59. The number of carboxylic acid groups (broad SMARTS) is 1. The van der Waals surface area contributed by atoms with Gasteiger partial charge in [0.1, 0.15) is 5.82 Å². The number of halogens is 4. The summed E-state index contributed by atoms with van der Waals surface area (Å²) in [5.74, 6) is -1.43. The number of aliphatic hydroxyl groups excluding tert-OH is 1. The van der Waals surface area contributed by atoms with Gasteiger partial charge in [-0.1, -0.05) is 36.4 Å². The summed E-state index contributed by atoms with van der Waals surface area (Å²) in [5.41, 5.74) is 1.04. The van der Waals surface area contributed by atoms with E-state index in [-0.39, 0.29) is 41.6 Å². The lowest BCUT2D eigenvalue weighted by Crippen LogP contribution is -2.47. The van der Waals surface area contributed by atoms with Crippen molar-refractivity contribution in [3.05, 3.63) is 88.7 Å². The Kier molecular flexibility index (Phi) is 10.4. The molecule has 244 valence electrons. The van der Waals surface area contributed by atoms with Crippen molar-refractivity contribution in [1.29, 1.82) is 0 Å². The lowest BCUT2D eigenvalue weighted by molar-refractivity contribution is -0.140. The first kappa shape index (κ1) is 34.6. The van der Waals surface area contributed by atoms with Gasteiger partial charge in [-0.25, -0.2) is 12.8 Å². The minimum Gasteiger partial charge on any atom is -0.481 e. The molecule has 0 aliphatic heterocycles. The molecule has 1 atom stereocenters. The van der Waals surface area contributed by atoms with E-state index in [1.807, 2.05) is 26.0 Å². The van der Waals surface area contributed by atoms with Gasteiger partial charge in [-0.15, -0.1) is 0 Å². The minimum absolute atomic E-state index is 0.0130. The molecule has 0 fully saturated rings. The van der Waals surface area contributed by atoms with Crippen LogP contribution in [0.1, 0.15) is 48.9 Å². The molecule has 0 spiro atoms. The van der Waals surface area contributed by atoms with Crippen molar-refractivity contribution >= 4 is 16.0 Å². The number of benzene rings is 3. The number of rotatable bonds is 13. The molecular formula is C33H38F4N2O5S. The van der Waals surface area contributed by atoms with Gasteiger partial charge in [0.25, 0.3) is 0 Å². The monoisotopic (exact) mass is 650 g/mol. The van der Waals surface area contributed by atoms with Gasteiger partial charge in [0.2, 0.25) is 10.0 Å². The maximum atomic E-state index is 14.2. The highest BCUT2D eigenvalue weighted by Crippen LogP contribution is 2.38. The van der Waals surface area contributed by atoms with Gasteiger partial charge in [-0.2, -0.15) is 17.5 Å². The second kappa shape index (κ2) is 13.6. The largest absolute Gasteiger partial charge is 0.481 e. The van der Waals surface area contributed by atoms with E-state index in [0.717, 1.165) is 38.4 Å². The SMILES string of the molecule is CN(CC(O)CNC(C)(C)CC1Cc2ccccc2C1)S(=O)(=O)c1ccc(-c2ccc(F)c(CCC(=O)O)c2)cc1C(F)(F)F. The molecular weight excluding hydrogens is 612 g/mol. The Balaban J connectivity index is 1.45. The summed E-state index contributed by atoms with van der Waals surface area (Å²) in [4.78, 5) is 9.92. The molecule has 12 heteroatoms. The number of aryl methyl sites for hydroxylation is 1. The number of β-amino-alcohol motifs (C(OH)–C–C–N with tert-alkyl or cyclic N) is 1. The number of alkyl halides is 3. The molecule has 1 unspecified atom stereocenters. The molecule has 3 aromatic rings. The molecule has 1 aliphatic rings. The van der Waals surface area contributed by atoms with Crippen molar-refractivity contribution in [3.8, 4) is 11.1 Å². The smallest absolute Gasteiger partial charge is 0.417 e. The predicted molar refractivity (Wildman–Crippen MR) is 163 cm³/mol. The Morgan fingerprint density at radius 3 is 2.22 bits per heavy atom. The molecule has 0 heterocycles. The third-order valence-electron chi connectivity index (χ3n) is 8.18. The number of likely N-dealkylation sites (N-methyl/N-ethyl adjacent to an activating group) is 1. The number of nitrogens with one attached hydrogen (secondary N) is 1. The number of carbonyl (C=O) groups is 1. The predicted octanol–water partition coefficient (Wildman–Crippen LogP) is 5.68. The van der Waals surface area contributed by atoms with Crippen molar-refractivity contribution in [3.63, 3.8) is 0 Å². The minimum atomic E-state index is -5.05. The molecule has 0 radical (unpaired) electrons. The van der Waals surface area contributed by atoms with Gasteiger partial charge in [-0.05, 0) is 97.5 Å². The fourth-order valence-corrected chi connectivity index (χ4v) is 7.35. The van der Waals surface area contributed by atoms with E-state index in [4.69, 9.17) is 5.11 Å². The second-order valence-corrected chi connectivity index (χ2v) is 14.4. The summed E-state index contributed by atoms with van der Waals surface area (Å²) in [6.07, 6.45) is -4.04. The van der Waals surface area contributed by atoms with Crippen LogP contribution in [0.25, 0.3) is 11.1 Å². The molecule has 1 aliphatic carbocycles. The summed E-state index contributed by atoms with van der Waals surface area (Å²) >= 11 is 0. The maximum absolute atomic E-state index is 14.2. The van der Waals surface area contributed by atoms with E-state index in [1.165, 1.54) is 29.3 Å². The van der Waals surface area contributed by atoms with Crippen LogP contribution in [-0.2, 0) is 40.3 Å². The molecule has 0 bridgehead atoms. The van der Waals surface area contributed by atoms with Gasteiger partial charge in [0.05, 0.1) is 16.6 Å². The normalized spacial score (nSPS) is 15.0. The molecule has 45 heavy (non-hydrogen) atoms. The third-order valence-corrected chi connectivity index (χ3v) is 10.1. The van der Waals surface area contributed by atoms with E-state index in [2.05, 4.69) is 17.4 Å². The molecule has 0 saturated heterocycles. The Labute approximate surface area is 260 Å². The van der Waals surface area contributed by atoms with Crippen LogP contribution in [0.3, 0.4) is 0 Å². The number of hydrogen-bond acceptors (Lipinski definition) is 5. The van der Waals surface area contributed by atoms with Crippen LogP contribution in [0.4, 0.5) is 17.6 Å². The number of sulfonamides is 1. The highest BCUT2D eigenvalue weighted by Gasteiger charge is 2.39. The zero-order chi connectivity index (χ0) is 33.2. The third kappa shape index (κ3) is 8.69. The summed E-state index contributed by atoms with van der Waals surface area (Å²) in [6, 6.07) is 14.5. The van der Waals surface area contributed by atoms with Gasteiger partial charge < -0.3 is 15.5 Å². The standard InChI is InChI=1S/C33H38F4N2O5S/c1-32(2,18-21-14-22-6-4-5-7-23(22)15-21)38-19-27(40)20-39(3)45(43,44)30-12-9-25(17-28(30)33(35,36)37)24-8-11-29(34)26(16-24)10-13-31(41)42/h4-9,11-12,16-17,21,27,38,40H,10,13-15,18-20H2,1-3H3,(H,41,42). The van der Waals surface area contributed by atoms with E-state index in [9.17, 15) is 35.9 Å². The topological polar surface area (TPSA) is 107 Å². The van der Waals surface area contributed by atoms with Crippen LogP contribution in [-0.4, -0.2) is 60.7 Å². The van der Waals surface area contributed by atoms with Crippen LogP contribution >= 0.6 is 0 Å². The summed E-state index contributed by atoms with van der Waals surface area (Å²) in [5, 5.41) is 22.9. The van der Waals surface area contributed by atoms with E-state index in [0.29, 0.717) is 16.3 Å². The van der Waals surface area contributed by atoms with Crippen LogP contribution in [0.2, 0.25) is 0 Å². The Morgan fingerprint density at radius 1 is 1.02 bits per heavy atom. The molecule has 0 saturated carbocycles. The molecule has 3 aromatic carbocycles. The fourth-order valence-electron chi connectivity index (χ4n) is 5.95. The number of aliphatic carboxylic acids is 1. The molecule has 0 aromatic heterocycles. The second-order valence-electron chi connectivity index (χ2n) is 12.4. The Bertz CT molecular complexity index is 1620. The maximum Gasteiger partial charge on any atom is 0.417 e. The van der Waals surface area contributed by atoms with Gasteiger partial charge in [0.15, 0.2) is 0 Å². The van der Waals surface area contributed by atoms with Gasteiger partial charge in [0, 0.05) is 32.1 Å². The van der Waals surface area contributed by atoms with Crippen LogP contribution in [0.5, 0.6) is 0 Å². The van der Waals surface area contributed by atoms with E-state index >= 15 is 0 Å². The average molecular weight is 651 g/mol. The molecule has 4 rings (SSSR count). The Morgan fingerprint density at radius 2 is 1.62 bits per heavy atom. The first-order valence-electron chi connectivity index (χ1n) is 14.6. The van der Waals surface area contributed by atoms with E-state index < -0.39 is 51.1 Å². The van der Waals surface area contributed by atoms with Crippen molar-refractivity contribution in [1.82, 2.24) is 9.62 Å². The number of carboxylic acids is 1. The highest BCUT2D eigenvalue weighted by molar-refractivity contribution is 7.89. The number of nitrogens with zero attached hydrogens (tertiary/aromatic N) is 1. The average Bonchev–Trinajstić information content (AvgIpc) is 3.36. The highest BCUT2D eigenvalue weighted by atomic mass is 32.2. The summed E-state index contributed by atoms with van der Waals surface area (Å²) < 4.78 is 84.2. The zero-order valence-corrected chi connectivity index (χ0v) is 26.2. The van der Waals surface area contributed by atoms with Crippen molar-refractivity contribution < 1.29 is 41.0 Å². The summed E-state index contributed by atoms with van der Waals surface area (Å²) in [7, 11) is -3.57. The first-order chi connectivity index (χ1) is 21.0. The number of fused-ring (bicyclic) bond motifs is 1.